The molecule has 2 atom stereocenters. The van der Waals surface area contributed by atoms with E-state index in [1.54, 1.807) is 18.4 Å². The van der Waals surface area contributed by atoms with Crippen LogP contribution in [-0.4, -0.2) is 30.8 Å². The van der Waals surface area contributed by atoms with Crippen molar-refractivity contribution in [1.82, 2.24) is 5.32 Å². The van der Waals surface area contributed by atoms with Gasteiger partial charge in [-0.1, -0.05) is 0 Å². The molecule has 1 heterocycles. The lowest BCUT2D eigenvalue weighted by molar-refractivity contribution is -0.139. The van der Waals surface area contributed by atoms with Crippen molar-refractivity contribution >= 4 is 17.3 Å². The fraction of sp³-hybridized carbons (Fsp3) is 0.643. The smallest absolute Gasteiger partial charge is 0.321 e. The Morgan fingerprint density at radius 2 is 2.47 bits per heavy atom. The molecule has 0 aliphatic heterocycles. The van der Waals surface area contributed by atoms with Crippen molar-refractivity contribution in [1.29, 1.82) is 0 Å². The fourth-order valence-electron chi connectivity index (χ4n) is 2.56. The second-order valence-corrected chi connectivity index (χ2v) is 6.03. The van der Waals surface area contributed by atoms with Crippen LogP contribution in [0.25, 0.3) is 0 Å². The highest BCUT2D eigenvalue weighted by Crippen LogP contribution is 2.38. The first kappa shape index (κ1) is 14.5. The Bertz CT molecular complexity index is 444. The molecule has 2 N–H and O–H groups in total. The third kappa shape index (κ3) is 3.35. The molecule has 2 rings (SSSR count). The topological polar surface area (TPSA) is 58.6 Å². The Balaban J connectivity index is 2.14. The van der Waals surface area contributed by atoms with Crippen molar-refractivity contribution in [2.24, 2.45) is 0 Å². The summed E-state index contributed by atoms with van der Waals surface area (Å²) in [6, 6.07) is 1.64. The zero-order valence-electron chi connectivity index (χ0n) is 11.4. The molecule has 1 aliphatic rings. The van der Waals surface area contributed by atoms with E-state index in [2.05, 4.69) is 11.4 Å². The van der Waals surface area contributed by atoms with Crippen molar-refractivity contribution in [3.8, 4) is 0 Å². The molecule has 0 saturated carbocycles. The molecule has 1 aromatic rings. The van der Waals surface area contributed by atoms with Gasteiger partial charge in [0.2, 0.25) is 0 Å². The van der Waals surface area contributed by atoms with Crippen molar-refractivity contribution in [2.75, 3.05) is 13.7 Å². The van der Waals surface area contributed by atoms with Gasteiger partial charge < -0.3 is 15.2 Å². The van der Waals surface area contributed by atoms with Crippen LogP contribution in [0.5, 0.6) is 0 Å². The van der Waals surface area contributed by atoms with Gasteiger partial charge >= 0.3 is 5.97 Å². The predicted octanol–water partition coefficient (Wildman–Crippen LogP) is 2.38. The summed E-state index contributed by atoms with van der Waals surface area (Å²) >= 11 is 1.74. The lowest BCUT2D eigenvalue weighted by Crippen LogP contribution is -2.35. The molecule has 1 aliphatic carbocycles. The van der Waals surface area contributed by atoms with Gasteiger partial charge in [-0.2, -0.15) is 0 Å². The summed E-state index contributed by atoms with van der Waals surface area (Å²) in [7, 11) is 1.69. The number of carboxylic acid groups (broad SMARTS) is 1. The Kier molecular flexibility index (Phi) is 4.96. The van der Waals surface area contributed by atoms with Crippen LogP contribution in [0.3, 0.4) is 0 Å². The molecular formula is C14H21NO3S. The average molecular weight is 283 g/mol. The Hall–Kier alpha value is -0.910. The summed E-state index contributed by atoms with van der Waals surface area (Å²) in [4.78, 5) is 13.6. The van der Waals surface area contributed by atoms with E-state index in [1.165, 1.54) is 10.4 Å². The van der Waals surface area contributed by atoms with Gasteiger partial charge in [-0.05, 0) is 44.9 Å². The van der Waals surface area contributed by atoms with Crippen molar-refractivity contribution in [3.63, 3.8) is 0 Å². The summed E-state index contributed by atoms with van der Waals surface area (Å²) in [5.74, 6) is -0.796. The third-order valence-corrected chi connectivity index (χ3v) is 4.76. The van der Waals surface area contributed by atoms with Crippen molar-refractivity contribution in [3.05, 3.63) is 21.4 Å². The van der Waals surface area contributed by atoms with E-state index in [-0.39, 0.29) is 6.10 Å². The SMILES string of the molecule is CCOC1CCCc2sc(CC(NC)C(=O)O)cc21. The minimum absolute atomic E-state index is 0.205. The van der Waals surface area contributed by atoms with E-state index in [1.807, 2.05) is 6.92 Å². The minimum Gasteiger partial charge on any atom is -0.480 e. The van der Waals surface area contributed by atoms with Crippen LogP contribution < -0.4 is 5.32 Å². The zero-order chi connectivity index (χ0) is 13.8. The molecule has 2 unspecified atom stereocenters. The van der Waals surface area contributed by atoms with Crippen LogP contribution in [0.4, 0.5) is 0 Å². The molecule has 0 spiro atoms. The number of carbonyl (C=O) groups is 1. The van der Waals surface area contributed by atoms with Gasteiger partial charge in [-0.15, -0.1) is 11.3 Å². The summed E-state index contributed by atoms with van der Waals surface area (Å²) in [5, 5.41) is 11.9. The fourth-order valence-corrected chi connectivity index (χ4v) is 3.87. The maximum Gasteiger partial charge on any atom is 0.321 e. The number of carboxylic acids is 1. The lowest BCUT2D eigenvalue weighted by atomic mass is 9.95. The van der Waals surface area contributed by atoms with Crippen LogP contribution in [0.1, 0.15) is 41.2 Å². The van der Waals surface area contributed by atoms with E-state index in [4.69, 9.17) is 9.84 Å². The minimum atomic E-state index is -0.796. The second kappa shape index (κ2) is 6.50. The molecule has 19 heavy (non-hydrogen) atoms. The van der Waals surface area contributed by atoms with Crippen molar-refractivity contribution < 1.29 is 14.6 Å². The largest absolute Gasteiger partial charge is 0.480 e. The summed E-state index contributed by atoms with van der Waals surface area (Å²) in [6.07, 6.45) is 4.08. The number of fused-ring (bicyclic) bond motifs is 1. The Morgan fingerprint density at radius 1 is 1.68 bits per heavy atom. The second-order valence-electron chi connectivity index (χ2n) is 4.81. The van der Waals surface area contributed by atoms with Crippen molar-refractivity contribution in [2.45, 2.75) is 44.8 Å². The molecule has 0 fully saturated rings. The van der Waals surface area contributed by atoms with Gasteiger partial charge in [-0.3, -0.25) is 4.79 Å². The van der Waals surface area contributed by atoms with Gasteiger partial charge in [-0.25, -0.2) is 0 Å². The first-order chi connectivity index (χ1) is 9.15. The number of ether oxygens (including phenoxy) is 1. The number of aryl methyl sites for hydroxylation is 1. The van der Waals surface area contributed by atoms with Crippen LogP contribution in [0.15, 0.2) is 6.07 Å². The van der Waals surface area contributed by atoms with E-state index in [0.717, 1.165) is 30.7 Å². The van der Waals surface area contributed by atoms with Crippen LogP contribution >= 0.6 is 11.3 Å². The van der Waals surface area contributed by atoms with Gasteiger partial charge in [0.05, 0.1) is 6.10 Å². The maximum absolute atomic E-state index is 11.1. The third-order valence-electron chi connectivity index (χ3n) is 3.53. The molecule has 1 aromatic heterocycles. The van der Waals surface area contributed by atoms with Crippen LogP contribution in [0.2, 0.25) is 0 Å². The zero-order valence-corrected chi connectivity index (χ0v) is 12.3. The maximum atomic E-state index is 11.1. The number of hydrogen-bond donors (Lipinski definition) is 2. The molecule has 4 nitrogen and oxygen atoms in total. The molecule has 0 amide bonds. The normalized spacial score (nSPS) is 20.0. The highest BCUT2D eigenvalue weighted by molar-refractivity contribution is 7.12. The van der Waals surface area contributed by atoms with Crippen LogP contribution in [0, 0.1) is 0 Å². The number of thiophene rings is 1. The monoisotopic (exact) mass is 283 g/mol. The van der Waals surface area contributed by atoms with E-state index < -0.39 is 12.0 Å². The molecule has 0 radical (unpaired) electrons. The summed E-state index contributed by atoms with van der Waals surface area (Å²) in [5.41, 5.74) is 1.29. The van der Waals surface area contributed by atoms with E-state index in [0.29, 0.717) is 6.42 Å². The molecule has 0 bridgehead atoms. The van der Waals surface area contributed by atoms with Gasteiger partial charge in [0.1, 0.15) is 6.04 Å². The standard InChI is InChI=1S/C14H21NO3S/c1-3-18-12-5-4-6-13-10(12)7-9(19-13)8-11(15-2)14(16)17/h7,11-12,15H,3-6,8H2,1-2H3,(H,16,17). The molecule has 106 valence electrons. The first-order valence-electron chi connectivity index (χ1n) is 6.78. The van der Waals surface area contributed by atoms with E-state index >= 15 is 0 Å². The molecule has 0 aromatic carbocycles. The average Bonchev–Trinajstić information content (AvgIpc) is 2.79. The summed E-state index contributed by atoms with van der Waals surface area (Å²) in [6.45, 7) is 2.74. The molecular weight excluding hydrogens is 262 g/mol. The number of nitrogens with one attached hydrogen (secondary N) is 1. The van der Waals surface area contributed by atoms with Crippen LogP contribution in [-0.2, 0) is 22.4 Å². The Morgan fingerprint density at radius 3 is 3.11 bits per heavy atom. The number of aliphatic carboxylic acids is 1. The quantitative estimate of drug-likeness (QED) is 0.841. The number of likely N-dealkylation sites (N-methyl/N-ethyl adjacent to an activating group) is 1. The van der Waals surface area contributed by atoms with E-state index in [9.17, 15) is 4.79 Å². The predicted molar refractivity (Wildman–Crippen MR) is 75.8 cm³/mol. The molecule has 5 heteroatoms. The number of rotatable bonds is 6. The Labute approximate surface area is 117 Å². The van der Waals surface area contributed by atoms with Gasteiger partial charge in [0.25, 0.3) is 0 Å². The van der Waals surface area contributed by atoms with Gasteiger partial charge in [0.15, 0.2) is 0 Å². The lowest BCUT2D eigenvalue weighted by Gasteiger charge is -2.22. The summed E-state index contributed by atoms with van der Waals surface area (Å²) < 4.78 is 5.78. The molecule has 0 saturated heterocycles. The highest BCUT2D eigenvalue weighted by atomic mass is 32.1. The highest BCUT2D eigenvalue weighted by Gasteiger charge is 2.25. The first-order valence-corrected chi connectivity index (χ1v) is 7.60. The number of hydrogen-bond acceptors (Lipinski definition) is 4. The van der Waals surface area contributed by atoms with Gasteiger partial charge in [0, 0.05) is 22.8 Å².